The van der Waals surface area contributed by atoms with Crippen molar-refractivity contribution >= 4 is 18.0 Å². The highest BCUT2D eigenvalue weighted by Gasteiger charge is 2.10. The quantitative estimate of drug-likeness (QED) is 0.624. The number of ether oxygens (including phenoxy) is 1. The van der Waals surface area contributed by atoms with Gasteiger partial charge in [-0.15, -0.1) is 0 Å². The molecule has 84 valence electrons. The molecular weight excluding hydrogens is 208 g/mol. The van der Waals surface area contributed by atoms with E-state index < -0.39 is 11.9 Å². The van der Waals surface area contributed by atoms with Gasteiger partial charge in [-0.25, -0.2) is 9.59 Å². The molecule has 16 heavy (non-hydrogen) atoms. The average molecular weight is 220 g/mol. The minimum atomic E-state index is -1.03. The molecule has 0 saturated heterocycles. The van der Waals surface area contributed by atoms with E-state index >= 15 is 0 Å². The number of esters is 1. The Hall–Kier alpha value is -2.10. The van der Waals surface area contributed by atoms with Crippen molar-refractivity contribution in [2.45, 2.75) is 6.92 Å². The summed E-state index contributed by atoms with van der Waals surface area (Å²) in [6, 6.07) is 5.06. The lowest BCUT2D eigenvalue weighted by molar-refractivity contribution is -0.131. The third-order valence-corrected chi connectivity index (χ3v) is 2.19. The second kappa shape index (κ2) is 5.11. The molecule has 1 N–H and O–H groups in total. The van der Waals surface area contributed by atoms with Crippen LogP contribution in [0.15, 0.2) is 24.3 Å². The third-order valence-electron chi connectivity index (χ3n) is 2.19. The molecule has 0 aliphatic carbocycles. The number of carboxylic acid groups (broad SMARTS) is 1. The first-order chi connectivity index (χ1) is 7.56. The van der Waals surface area contributed by atoms with E-state index in [1.165, 1.54) is 13.2 Å². The molecule has 0 aliphatic heterocycles. The molecule has 0 radical (unpaired) electrons. The van der Waals surface area contributed by atoms with E-state index in [1.807, 2.05) is 0 Å². The van der Waals surface area contributed by atoms with Gasteiger partial charge in [-0.2, -0.15) is 0 Å². The molecule has 4 nitrogen and oxygen atoms in total. The molecule has 0 aliphatic rings. The van der Waals surface area contributed by atoms with Crippen LogP contribution in [0.1, 0.15) is 21.5 Å². The van der Waals surface area contributed by atoms with Gasteiger partial charge in [0.2, 0.25) is 0 Å². The van der Waals surface area contributed by atoms with Crippen LogP contribution in [0.2, 0.25) is 0 Å². The zero-order valence-electron chi connectivity index (χ0n) is 9.06. The predicted octanol–water partition coefficient (Wildman–Crippen LogP) is 1.88. The first-order valence-electron chi connectivity index (χ1n) is 4.65. The Labute approximate surface area is 93.2 Å². The summed E-state index contributed by atoms with van der Waals surface area (Å²) in [7, 11) is 1.31. The molecule has 0 bridgehead atoms. The highest BCUT2D eigenvalue weighted by molar-refractivity contribution is 5.93. The molecule has 0 atom stereocenters. The average Bonchev–Trinajstić information content (AvgIpc) is 2.26. The Kier molecular flexibility index (Phi) is 3.83. The molecule has 0 amide bonds. The van der Waals surface area contributed by atoms with E-state index in [0.717, 1.165) is 6.08 Å². The largest absolute Gasteiger partial charge is 0.478 e. The van der Waals surface area contributed by atoms with Gasteiger partial charge in [0, 0.05) is 6.08 Å². The smallest absolute Gasteiger partial charge is 0.338 e. The normalized spacial score (nSPS) is 10.4. The number of hydrogen-bond acceptors (Lipinski definition) is 3. The monoisotopic (exact) mass is 220 g/mol. The van der Waals surface area contributed by atoms with Gasteiger partial charge >= 0.3 is 11.9 Å². The first kappa shape index (κ1) is 12.0. The number of benzene rings is 1. The fraction of sp³-hybridized carbons (Fsp3) is 0.167. The number of rotatable bonds is 3. The lowest BCUT2D eigenvalue weighted by atomic mass is 10.0. The molecule has 0 spiro atoms. The molecule has 0 aromatic heterocycles. The van der Waals surface area contributed by atoms with Crippen molar-refractivity contribution < 1.29 is 19.4 Å². The van der Waals surface area contributed by atoms with E-state index in [0.29, 0.717) is 16.7 Å². The zero-order valence-corrected chi connectivity index (χ0v) is 9.06. The lowest BCUT2D eigenvalue weighted by Crippen LogP contribution is -2.04. The van der Waals surface area contributed by atoms with Gasteiger partial charge < -0.3 is 9.84 Å². The van der Waals surface area contributed by atoms with Crippen LogP contribution >= 0.6 is 0 Å². The fourth-order valence-corrected chi connectivity index (χ4v) is 1.33. The Bertz CT molecular complexity index is 446. The summed E-state index contributed by atoms with van der Waals surface area (Å²) in [5.74, 6) is -1.45. The highest BCUT2D eigenvalue weighted by atomic mass is 16.5. The van der Waals surface area contributed by atoms with Gasteiger partial charge in [0.1, 0.15) is 0 Å². The molecule has 1 aromatic carbocycles. The van der Waals surface area contributed by atoms with Crippen LogP contribution in [0.25, 0.3) is 6.08 Å². The fourth-order valence-electron chi connectivity index (χ4n) is 1.33. The summed E-state index contributed by atoms with van der Waals surface area (Å²) in [5.41, 5.74) is 1.83. The third kappa shape index (κ3) is 2.70. The Balaban J connectivity index is 3.13. The van der Waals surface area contributed by atoms with Crippen molar-refractivity contribution in [1.82, 2.24) is 0 Å². The van der Waals surface area contributed by atoms with Crippen molar-refractivity contribution in [2.75, 3.05) is 7.11 Å². The van der Waals surface area contributed by atoms with Gasteiger partial charge in [0.15, 0.2) is 0 Å². The van der Waals surface area contributed by atoms with E-state index in [-0.39, 0.29) is 0 Å². The van der Waals surface area contributed by atoms with Crippen molar-refractivity contribution in [3.63, 3.8) is 0 Å². The summed E-state index contributed by atoms with van der Waals surface area (Å²) >= 11 is 0. The number of carboxylic acids is 1. The van der Waals surface area contributed by atoms with Gasteiger partial charge in [-0.05, 0) is 30.2 Å². The molecule has 0 unspecified atom stereocenters. The maximum Gasteiger partial charge on any atom is 0.338 e. The van der Waals surface area contributed by atoms with E-state index in [4.69, 9.17) is 5.11 Å². The van der Waals surface area contributed by atoms with E-state index in [2.05, 4.69) is 4.74 Å². The first-order valence-corrected chi connectivity index (χ1v) is 4.65. The minimum Gasteiger partial charge on any atom is -0.478 e. The van der Waals surface area contributed by atoms with Crippen LogP contribution in [0.3, 0.4) is 0 Å². The second-order valence-electron chi connectivity index (χ2n) is 3.18. The highest BCUT2D eigenvalue weighted by Crippen LogP contribution is 2.16. The topological polar surface area (TPSA) is 63.6 Å². The predicted molar refractivity (Wildman–Crippen MR) is 59.2 cm³/mol. The van der Waals surface area contributed by atoms with Crippen molar-refractivity contribution in [2.24, 2.45) is 0 Å². The molecule has 0 heterocycles. The molecule has 1 rings (SSSR count). The summed E-state index contributed by atoms with van der Waals surface area (Å²) in [4.78, 5) is 21.7. The number of hydrogen-bond donors (Lipinski definition) is 1. The van der Waals surface area contributed by atoms with E-state index in [1.54, 1.807) is 25.1 Å². The van der Waals surface area contributed by atoms with Crippen LogP contribution < -0.4 is 0 Å². The second-order valence-corrected chi connectivity index (χ2v) is 3.18. The van der Waals surface area contributed by atoms with Crippen molar-refractivity contribution in [1.29, 1.82) is 0 Å². The Morgan fingerprint density at radius 1 is 1.38 bits per heavy atom. The number of carbonyl (C=O) groups excluding carboxylic acids is 1. The van der Waals surface area contributed by atoms with Crippen LogP contribution in [-0.2, 0) is 9.53 Å². The van der Waals surface area contributed by atoms with Gasteiger partial charge in [-0.1, -0.05) is 12.1 Å². The molecular formula is C12H12O4. The van der Waals surface area contributed by atoms with E-state index in [9.17, 15) is 9.59 Å². The molecule has 0 saturated carbocycles. The van der Waals surface area contributed by atoms with Crippen LogP contribution in [0.4, 0.5) is 0 Å². The van der Waals surface area contributed by atoms with Crippen LogP contribution in [0, 0.1) is 6.92 Å². The van der Waals surface area contributed by atoms with Gasteiger partial charge in [-0.3, -0.25) is 0 Å². The SMILES string of the molecule is COC(=O)c1cccc(/C=C/C(=O)O)c1C. The zero-order chi connectivity index (χ0) is 12.1. The standard InChI is InChI=1S/C12H12O4/c1-8-9(6-7-11(13)14)4-3-5-10(8)12(15)16-2/h3-7H,1-2H3,(H,13,14)/b7-6+. The Morgan fingerprint density at radius 3 is 2.62 bits per heavy atom. The lowest BCUT2D eigenvalue weighted by Gasteiger charge is -2.06. The maximum absolute atomic E-state index is 11.4. The molecule has 1 aromatic rings. The number of methoxy groups -OCH3 is 1. The number of carbonyl (C=O) groups is 2. The maximum atomic E-state index is 11.4. The van der Waals surface area contributed by atoms with Gasteiger partial charge in [0.25, 0.3) is 0 Å². The number of aliphatic carboxylic acids is 1. The summed E-state index contributed by atoms with van der Waals surface area (Å²) in [5, 5.41) is 8.51. The molecule has 4 heteroatoms. The van der Waals surface area contributed by atoms with Crippen LogP contribution in [0.5, 0.6) is 0 Å². The summed E-state index contributed by atoms with van der Waals surface area (Å²) in [6.45, 7) is 1.74. The minimum absolute atomic E-state index is 0.428. The summed E-state index contributed by atoms with van der Waals surface area (Å²) in [6.07, 6.45) is 2.48. The summed E-state index contributed by atoms with van der Waals surface area (Å²) < 4.78 is 4.62. The van der Waals surface area contributed by atoms with Crippen molar-refractivity contribution in [3.05, 3.63) is 41.0 Å². The van der Waals surface area contributed by atoms with Crippen molar-refractivity contribution in [3.8, 4) is 0 Å². The molecule has 0 fully saturated rings. The Morgan fingerprint density at radius 2 is 2.06 bits per heavy atom. The van der Waals surface area contributed by atoms with Crippen LogP contribution in [-0.4, -0.2) is 24.2 Å². The van der Waals surface area contributed by atoms with Gasteiger partial charge in [0.05, 0.1) is 12.7 Å².